The molecule has 15 heavy (non-hydrogen) atoms. The zero-order valence-electron chi connectivity index (χ0n) is 8.86. The van der Waals surface area contributed by atoms with Gasteiger partial charge in [0, 0.05) is 6.04 Å². The Labute approximate surface area is 93.8 Å². The molecule has 0 saturated heterocycles. The lowest BCUT2D eigenvalue weighted by Crippen LogP contribution is -2.47. The van der Waals surface area contributed by atoms with Crippen molar-refractivity contribution in [3.8, 4) is 0 Å². The van der Waals surface area contributed by atoms with Crippen LogP contribution in [0.1, 0.15) is 26.2 Å². The molecule has 1 fully saturated rings. The lowest BCUT2D eigenvalue weighted by atomic mass is 9.80. The summed E-state index contributed by atoms with van der Waals surface area (Å²) in [5.74, 6) is 0.513. The van der Waals surface area contributed by atoms with Gasteiger partial charge in [-0.25, -0.2) is 0 Å². The first-order valence-electron chi connectivity index (χ1n) is 5.23. The SMILES string of the molecule is CCCSCC(=O)NC1CC(C(=O)O)C1. The molecule has 0 atom stereocenters. The van der Waals surface area contributed by atoms with Crippen molar-refractivity contribution in [2.75, 3.05) is 11.5 Å². The molecule has 2 N–H and O–H groups in total. The Balaban J connectivity index is 2.06. The maximum atomic E-state index is 11.3. The molecule has 1 saturated carbocycles. The predicted octanol–water partition coefficient (Wildman–Crippen LogP) is 1.11. The lowest BCUT2D eigenvalue weighted by molar-refractivity contribution is -0.146. The molecule has 1 aliphatic rings. The normalized spacial score (nSPS) is 24.3. The van der Waals surface area contributed by atoms with Gasteiger partial charge in [0.15, 0.2) is 0 Å². The van der Waals surface area contributed by atoms with E-state index in [4.69, 9.17) is 5.11 Å². The summed E-state index contributed by atoms with van der Waals surface area (Å²) in [7, 11) is 0. The number of aliphatic carboxylic acids is 1. The van der Waals surface area contributed by atoms with Gasteiger partial charge in [0.2, 0.25) is 5.91 Å². The van der Waals surface area contributed by atoms with E-state index in [1.165, 1.54) is 0 Å². The van der Waals surface area contributed by atoms with Gasteiger partial charge in [-0.15, -0.1) is 0 Å². The third kappa shape index (κ3) is 4.11. The van der Waals surface area contributed by atoms with Crippen molar-refractivity contribution in [3.63, 3.8) is 0 Å². The molecule has 86 valence electrons. The van der Waals surface area contributed by atoms with Crippen LogP contribution in [0.5, 0.6) is 0 Å². The number of carbonyl (C=O) groups excluding carboxylic acids is 1. The van der Waals surface area contributed by atoms with Crippen molar-refractivity contribution < 1.29 is 14.7 Å². The summed E-state index contributed by atoms with van der Waals surface area (Å²) in [5, 5.41) is 11.5. The van der Waals surface area contributed by atoms with Gasteiger partial charge in [-0.2, -0.15) is 11.8 Å². The third-order valence-electron chi connectivity index (χ3n) is 2.43. The molecule has 4 nitrogen and oxygen atoms in total. The Hall–Kier alpha value is -0.710. The molecular formula is C10H17NO3S. The number of hydrogen-bond acceptors (Lipinski definition) is 3. The molecule has 0 aliphatic heterocycles. The van der Waals surface area contributed by atoms with Crippen molar-refractivity contribution in [1.82, 2.24) is 5.32 Å². The Morgan fingerprint density at radius 1 is 1.47 bits per heavy atom. The molecule has 1 rings (SSSR count). The van der Waals surface area contributed by atoms with Crippen LogP contribution in [0.15, 0.2) is 0 Å². The van der Waals surface area contributed by atoms with E-state index >= 15 is 0 Å². The summed E-state index contributed by atoms with van der Waals surface area (Å²) in [6.07, 6.45) is 2.24. The van der Waals surface area contributed by atoms with Crippen LogP contribution in [-0.2, 0) is 9.59 Å². The van der Waals surface area contributed by atoms with Gasteiger partial charge >= 0.3 is 5.97 Å². The standard InChI is InChI=1S/C10H17NO3S/c1-2-3-15-6-9(12)11-8-4-7(5-8)10(13)14/h7-8H,2-6H2,1H3,(H,11,12)(H,13,14). The van der Waals surface area contributed by atoms with E-state index in [1.807, 2.05) is 0 Å². The summed E-state index contributed by atoms with van der Waals surface area (Å²) in [4.78, 5) is 21.8. The molecule has 5 heteroatoms. The van der Waals surface area contributed by atoms with Crippen LogP contribution in [0, 0.1) is 5.92 Å². The largest absolute Gasteiger partial charge is 0.481 e. The second-order valence-electron chi connectivity index (χ2n) is 3.82. The zero-order valence-corrected chi connectivity index (χ0v) is 9.68. The monoisotopic (exact) mass is 231 g/mol. The van der Waals surface area contributed by atoms with E-state index in [9.17, 15) is 9.59 Å². The highest BCUT2D eigenvalue weighted by Crippen LogP contribution is 2.27. The molecule has 1 aliphatic carbocycles. The minimum atomic E-state index is -0.749. The summed E-state index contributed by atoms with van der Waals surface area (Å²) < 4.78 is 0. The fraction of sp³-hybridized carbons (Fsp3) is 0.800. The van der Waals surface area contributed by atoms with E-state index in [2.05, 4.69) is 12.2 Å². The van der Waals surface area contributed by atoms with Gasteiger partial charge in [-0.3, -0.25) is 9.59 Å². The lowest BCUT2D eigenvalue weighted by Gasteiger charge is -2.32. The number of carboxylic acid groups (broad SMARTS) is 1. The molecule has 0 heterocycles. The van der Waals surface area contributed by atoms with E-state index in [1.54, 1.807) is 11.8 Å². The quantitative estimate of drug-likeness (QED) is 0.672. The Bertz CT molecular complexity index is 239. The highest BCUT2D eigenvalue weighted by atomic mass is 32.2. The van der Waals surface area contributed by atoms with Crippen molar-refractivity contribution in [2.24, 2.45) is 5.92 Å². The zero-order chi connectivity index (χ0) is 11.3. The highest BCUT2D eigenvalue weighted by molar-refractivity contribution is 7.99. The first-order chi connectivity index (χ1) is 7.13. The van der Waals surface area contributed by atoms with Gasteiger partial charge in [0.1, 0.15) is 0 Å². The molecule has 0 aromatic rings. The van der Waals surface area contributed by atoms with E-state index in [0.717, 1.165) is 12.2 Å². The minimum Gasteiger partial charge on any atom is -0.481 e. The summed E-state index contributed by atoms with van der Waals surface area (Å²) in [5.41, 5.74) is 0. The number of carboxylic acids is 1. The number of thioether (sulfide) groups is 1. The van der Waals surface area contributed by atoms with Gasteiger partial charge < -0.3 is 10.4 Å². The molecule has 1 amide bonds. The van der Waals surface area contributed by atoms with Crippen molar-refractivity contribution in [3.05, 3.63) is 0 Å². The molecule has 0 radical (unpaired) electrons. The molecule has 0 aromatic heterocycles. The van der Waals surface area contributed by atoms with Gasteiger partial charge in [-0.05, 0) is 25.0 Å². The van der Waals surface area contributed by atoms with Crippen LogP contribution in [0.3, 0.4) is 0 Å². The number of rotatable bonds is 6. The second kappa shape index (κ2) is 6.00. The van der Waals surface area contributed by atoms with Gasteiger partial charge in [0.25, 0.3) is 0 Å². The first-order valence-corrected chi connectivity index (χ1v) is 6.38. The summed E-state index contributed by atoms with van der Waals surface area (Å²) in [6, 6.07) is 0.0841. The van der Waals surface area contributed by atoms with Crippen LogP contribution in [-0.4, -0.2) is 34.5 Å². The van der Waals surface area contributed by atoms with Gasteiger partial charge in [-0.1, -0.05) is 6.92 Å². The fourth-order valence-electron chi connectivity index (χ4n) is 1.52. The maximum Gasteiger partial charge on any atom is 0.306 e. The summed E-state index contributed by atoms with van der Waals surface area (Å²) >= 11 is 1.62. The number of nitrogens with one attached hydrogen (secondary N) is 1. The molecular weight excluding hydrogens is 214 g/mol. The molecule has 0 bridgehead atoms. The fourth-order valence-corrected chi connectivity index (χ4v) is 2.22. The minimum absolute atomic E-state index is 0.0299. The van der Waals surface area contributed by atoms with Crippen molar-refractivity contribution in [1.29, 1.82) is 0 Å². The third-order valence-corrected chi connectivity index (χ3v) is 3.60. The average Bonchev–Trinajstić information content (AvgIpc) is 2.10. The van der Waals surface area contributed by atoms with Crippen LogP contribution >= 0.6 is 11.8 Å². The van der Waals surface area contributed by atoms with Gasteiger partial charge in [0.05, 0.1) is 11.7 Å². The highest BCUT2D eigenvalue weighted by Gasteiger charge is 2.34. The van der Waals surface area contributed by atoms with Crippen LogP contribution < -0.4 is 5.32 Å². The van der Waals surface area contributed by atoms with Crippen LogP contribution in [0.25, 0.3) is 0 Å². The Morgan fingerprint density at radius 2 is 2.13 bits per heavy atom. The second-order valence-corrected chi connectivity index (χ2v) is 4.93. The smallest absolute Gasteiger partial charge is 0.306 e. The van der Waals surface area contributed by atoms with Crippen LogP contribution in [0.2, 0.25) is 0 Å². The molecule has 0 aromatic carbocycles. The Morgan fingerprint density at radius 3 is 2.67 bits per heavy atom. The number of hydrogen-bond donors (Lipinski definition) is 2. The number of amides is 1. The van der Waals surface area contributed by atoms with E-state index in [0.29, 0.717) is 18.6 Å². The van der Waals surface area contributed by atoms with E-state index < -0.39 is 5.97 Å². The van der Waals surface area contributed by atoms with E-state index in [-0.39, 0.29) is 17.9 Å². The predicted molar refractivity (Wildman–Crippen MR) is 59.9 cm³/mol. The first kappa shape index (κ1) is 12.4. The average molecular weight is 231 g/mol. The van der Waals surface area contributed by atoms with Crippen LogP contribution in [0.4, 0.5) is 0 Å². The maximum absolute atomic E-state index is 11.3. The number of carbonyl (C=O) groups is 2. The molecule has 0 spiro atoms. The van der Waals surface area contributed by atoms with Crippen molar-refractivity contribution in [2.45, 2.75) is 32.2 Å². The topological polar surface area (TPSA) is 66.4 Å². The summed E-state index contributed by atoms with van der Waals surface area (Å²) in [6.45, 7) is 2.08. The Kier molecular flexibility index (Phi) is 4.94. The van der Waals surface area contributed by atoms with Crippen molar-refractivity contribution >= 4 is 23.6 Å². The molecule has 0 unspecified atom stereocenters.